The lowest BCUT2D eigenvalue weighted by Crippen LogP contribution is -2.18. The molecule has 8 nitrogen and oxygen atoms in total. The number of para-hydroxylation sites is 2. The van der Waals surface area contributed by atoms with Gasteiger partial charge in [-0.3, -0.25) is 5.10 Å². The predicted octanol–water partition coefficient (Wildman–Crippen LogP) is 7.92. The Balaban J connectivity index is 0.00000417. The highest BCUT2D eigenvalue weighted by atomic mass is 16.5. The molecule has 0 saturated heterocycles. The second-order valence-electron chi connectivity index (χ2n) is 11.0. The number of nitrogens with zero attached hydrogens (tertiary/aromatic N) is 2. The van der Waals surface area contributed by atoms with Crippen LogP contribution >= 0.6 is 0 Å². The van der Waals surface area contributed by atoms with Gasteiger partial charge in [-0.25, -0.2) is 4.79 Å². The van der Waals surface area contributed by atoms with E-state index in [-0.39, 0.29) is 26.6 Å². The van der Waals surface area contributed by atoms with Crippen molar-refractivity contribution in [3.05, 3.63) is 114 Å². The van der Waals surface area contributed by atoms with Crippen LogP contribution in [0.25, 0.3) is 32.8 Å². The van der Waals surface area contributed by atoms with Crippen LogP contribution in [0.3, 0.4) is 0 Å². The number of fused-ring (bicyclic) bond motifs is 2. The van der Waals surface area contributed by atoms with Crippen molar-refractivity contribution in [1.82, 2.24) is 14.8 Å². The highest BCUT2D eigenvalue weighted by Crippen LogP contribution is 2.38. The molecular weight excluding hydrogens is 576 g/mol. The number of aromatic amines is 1. The number of ether oxygens (including phenoxy) is 2. The van der Waals surface area contributed by atoms with Crippen molar-refractivity contribution < 1.29 is 19.4 Å². The topological polar surface area (TPSA) is 101 Å². The van der Waals surface area contributed by atoms with Crippen molar-refractivity contribution in [3.63, 3.8) is 0 Å². The van der Waals surface area contributed by atoms with E-state index in [1.807, 2.05) is 80.6 Å². The molecule has 0 bridgehead atoms. The zero-order chi connectivity index (χ0) is 31.2. The van der Waals surface area contributed by atoms with Gasteiger partial charge in [0.2, 0.25) is 0 Å². The number of carbonyl (C=O) groups excluding carboxylic acids is 1. The number of rotatable bonds is 13. The lowest BCUT2D eigenvalue weighted by molar-refractivity contribution is 0.0513. The van der Waals surface area contributed by atoms with Gasteiger partial charge in [-0.15, -0.1) is 0 Å². The van der Waals surface area contributed by atoms with Crippen LogP contribution in [0.5, 0.6) is 5.75 Å². The monoisotopic (exact) mass is 618 g/mol. The molecule has 0 saturated carbocycles. The quantitative estimate of drug-likeness (QED) is 0.0898. The number of aliphatic hydroxyl groups excluding tert-OH is 1. The summed E-state index contributed by atoms with van der Waals surface area (Å²) in [4.78, 5) is 13.7. The Bertz CT molecular complexity index is 1920. The van der Waals surface area contributed by atoms with E-state index in [9.17, 15) is 9.90 Å². The summed E-state index contributed by atoms with van der Waals surface area (Å²) in [5.74, 6) is 0.498. The normalized spacial score (nSPS) is 11.0. The summed E-state index contributed by atoms with van der Waals surface area (Å²) in [5.41, 5.74) is 6.57. The van der Waals surface area contributed by atoms with Crippen molar-refractivity contribution in [1.29, 1.82) is 0 Å². The number of esters is 1. The summed E-state index contributed by atoms with van der Waals surface area (Å²) < 4.78 is 14.0. The number of aryl methyl sites for hydroxylation is 2. The Morgan fingerprint density at radius 3 is 2.50 bits per heavy atom. The zero-order valence-corrected chi connectivity index (χ0v) is 25.7. The van der Waals surface area contributed by atoms with E-state index in [2.05, 4.69) is 44.3 Å². The van der Waals surface area contributed by atoms with Crippen molar-refractivity contribution >= 4 is 33.3 Å². The minimum atomic E-state index is -0.351. The maximum absolute atomic E-state index is 13.7. The summed E-state index contributed by atoms with van der Waals surface area (Å²) in [6.07, 6.45) is 1.32. The Hall–Kier alpha value is -5.08. The molecule has 0 atom stereocenters. The third-order valence-corrected chi connectivity index (χ3v) is 8.11. The second-order valence-corrected chi connectivity index (χ2v) is 11.0. The fraction of sp³-hybridized carbons (Fsp3) is 0.263. The van der Waals surface area contributed by atoms with Crippen LogP contribution in [0.2, 0.25) is 0 Å². The third-order valence-electron chi connectivity index (χ3n) is 8.11. The van der Waals surface area contributed by atoms with Gasteiger partial charge in [-0.05, 0) is 55.8 Å². The minimum absolute atomic E-state index is 0. The second kappa shape index (κ2) is 14.8. The number of aromatic nitrogens is 3. The number of aliphatic hydroxyl groups is 1. The molecule has 8 heteroatoms. The summed E-state index contributed by atoms with van der Waals surface area (Å²) in [6.45, 7) is 5.46. The van der Waals surface area contributed by atoms with E-state index in [1.165, 1.54) is 0 Å². The van der Waals surface area contributed by atoms with Crippen LogP contribution in [-0.2, 0) is 24.3 Å². The molecule has 0 spiro atoms. The molecule has 3 N–H and O–H groups in total. The van der Waals surface area contributed by atoms with Gasteiger partial charge in [0.15, 0.2) is 0 Å². The van der Waals surface area contributed by atoms with E-state index in [1.54, 1.807) is 0 Å². The average molecular weight is 619 g/mol. The predicted molar refractivity (Wildman–Crippen MR) is 186 cm³/mol. The molecule has 0 fully saturated rings. The SMILES string of the molecule is C.CCOC(=O)c1c(CCCOc2cccc3ccccc23)c2cccc(-c3c(CO)n[nH]c3C)c2n1CCNc1ccccc1. The fourth-order valence-corrected chi connectivity index (χ4v) is 6.16. The first-order valence-electron chi connectivity index (χ1n) is 15.5. The van der Waals surface area contributed by atoms with Crippen molar-refractivity contribution in [2.24, 2.45) is 0 Å². The van der Waals surface area contributed by atoms with E-state index in [0.29, 0.717) is 43.9 Å². The maximum Gasteiger partial charge on any atom is 0.355 e. The summed E-state index contributed by atoms with van der Waals surface area (Å²) in [5, 5.41) is 24.2. The Kier molecular flexibility index (Phi) is 10.4. The van der Waals surface area contributed by atoms with Crippen LogP contribution in [0.4, 0.5) is 5.69 Å². The van der Waals surface area contributed by atoms with E-state index >= 15 is 0 Å². The molecule has 6 rings (SSSR count). The van der Waals surface area contributed by atoms with Crippen molar-refractivity contribution in [2.45, 2.75) is 47.3 Å². The van der Waals surface area contributed by atoms with Crippen LogP contribution in [0.1, 0.15) is 48.2 Å². The maximum atomic E-state index is 13.7. The summed E-state index contributed by atoms with van der Waals surface area (Å²) in [7, 11) is 0. The van der Waals surface area contributed by atoms with Gasteiger partial charge >= 0.3 is 5.97 Å². The third kappa shape index (κ3) is 6.48. The first-order chi connectivity index (χ1) is 22.1. The molecule has 6 aromatic rings. The van der Waals surface area contributed by atoms with Crippen LogP contribution in [0.15, 0.2) is 91.0 Å². The lowest BCUT2D eigenvalue weighted by atomic mass is 9.98. The standard InChI is InChI=1S/C37H38N4O4.CH4/c1-3-44-37(43)36-30(19-11-23-45-33-20-9-13-26-12-7-8-16-28(26)33)29-17-10-18-31(34-25(2)39-40-32(34)24-42)35(29)41(36)22-21-38-27-14-5-4-6-15-27;/h4-10,12-18,20,38,42H,3,11,19,21-24H2,1-2H3,(H,39,40);1H4. The van der Waals surface area contributed by atoms with Gasteiger partial charge in [0.05, 0.1) is 31.0 Å². The lowest BCUT2D eigenvalue weighted by Gasteiger charge is -2.15. The smallest absolute Gasteiger partial charge is 0.355 e. The van der Waals surface area contributed by atoms with Crippen molar-refractivity contribution in [3.8, 4) is 16.9 Å². The number of hydrogen-bond acceptors (Lipinski definition) is 6. The summed E-state index contributed by atoms with van der Waals surface area (Å²) in [6, 6.07) is 30.4. The molecule has 0 aliphatic rings. The minimum Gasteiger partial charge on any atom is -0.493 e. The van der Waals surface area contributed by atoms with Crippen molar-refractivity contribution in [2.75, 3.05) is 25.1 Å². The molecule has 0 amide bonds. The summed E-state index contributed by atoms with van der Waals surface area (Å²) >= 11 is 0. The highest BCUT2D eigenvalue weighted by Gasteiger charge is 2.27. The van der Waals surface area contributed by atoms with E-state index in [0.717, 1.165) is 55.5 Å². The van der Waals surface area contributed by atoms with Gasteiger partial charge < -0.3 is 24.5 Å². The number of H-pyrrole nitrogens is 1. The number of carbonyl (C=O) groups is 1. The van der Waals surface area contributed by atoms with Gasteiger partial charge in [0.25, 0.3) is 0 Å². The molecular formula is C38H42N4O4. The van der Waals surface area contributed by atoms with Crippen LogP contribution in [-0.4, -0.2) is 45.6 Å². The zero-order valence-electron chi connectivity index (χ0n) is 25.7. The molecule has 46 heavy (non-hydrogen) atoms. The van der Waals surface area contributed by atoms with E-state index < -0.39 is 0 Å². The van der Waals surface area contributed by atoms with Crippen LogP contribution < -0.4 is 10.1 Å². The fourth-order valence-electron chi connectivity index (χ4n) is 6.16. The molecule has 238 valence electrons. The largest absolute Gasteiger partial charge is 0.493 e. The number of nitrogens with one attached hydrogen (secondary N) is 2. The Labute approximate surface area is 270 Å². The van der Waals surface area contributed by atoms with Gasteiger partial charge in [-0.2, -0.15) is 5.10 Å². The van der Waals surface area contributed by atoms with Gasteiger partial charge in [0, 0.05) is 46.4 Å². The molecule has 0 aliphatic carbocycles. The molecule has 2 heterocycles. The molecule has 0 aliphatic heterocycles. The average Bonchev–Trinajstić information content (AvgIpc) is 3.60. The Morgan fingerprint density at radius 1 is 0.957 bits per heavy atom. The van der Waals surface area contributed by atoms with E-state index in [4.69, 9.17) is 9.47 Å². The van der Waals surface area contributed by atoms with Gasteiger partial charge in [-0.1, -0.05) is 80.2 Å². The molecule has 0 radical (unpaired) electrons. The molecule has 4 aromatic carbocycles. The van der Waals surface area contributed by atoms with Crippen LogP contribution in [0, 0.1) is 6.92 Å². The first-order valence-corrected chi connectivity index (χ1v) is 15.5. The number of anilines is 1. The number of benzene rings is 4. The van der Waals surface area contributed by atoms with Gasteiger partial charge in [0.1, 0.15) is 11.4 Å². The molecule has 0 unspecified atom stereocenters. The number of hydrogen-bond donors (Lipinski definition) is 3. The first kappa shape index (κ1) is 32.3. The highest BCUT2D eigenvalue weighted by molar-refractivity contribution is 6.05. The Morgan fingerprint density at radius 2 is 1.70 bits per heavy atom. The molecule has 2 aromatic heterocycles.